The average molecular weight is 194 g/mol. The van der Waals surface area contributed by atoms with E-state index in [4.69, 9.17) is 5.73 Å². The van der Waals surface area contributed by atoms with Crippen LogP contribution in [0.3, 0.4) is 0 Å². The number of carbonyl (C=O) groups excluding carboxylic acids is 1. The smallest absolute Gasteiger partial charge is 0.294 e. The summed E-state index contributed by atoms with van der Waals surface area (Å²) in [5, 5.41) is 0. The third kappa shape index (κ3) is 1.96. The number of hydrogen-bond donors (Lipinski definition) is 2. The first-order valence-electron chi connectivity index (χ1n) is 4.82. The van der Waals surface area contributed by atoms with Gasteiger partial charge in [0.1, 0.15) is 0 Å². The van der Waals surface area contributed by atoms with Crippen LogP contribution in [0.25, 0.3) is 0 Å². The molecule has 14 heavy (non-hydrogen) atoms. The van der Waals surface area contributed by atoms with E-state index in [0.717, 1.165) is 5.69 Å². The number of carbonyl (C=O) groups is 1. The first kappa shape index (κ1) is 9.27. The third-order valence-electron chi connectivity index (χ3n) is 2.52. The van der Waals surface area contributed by atoms with Crippen molar-refractivity contribution in [2.24, 2.45) is 5.73 Å². The van der Waals surface area contributed by atoms with Crippen LogP contribution < -0.4 is 5.73 Å². The standard InChI is InChI=1S/C10H14N2O2/c11-10(14-6-13)5-9-8(3-4-12-9)7-1-2-7/h3-4,6-7,10,12H,1-2,5,11H2. The second-order valence-electron chi connectivity index (χ2n) is 3.66. The Hall–Kier alpha value is -1.29. The van der Waals surface area contributed by atoms with Gasteiger partial charge in [0, 0.05) is 18.3 Å². The van der Waals surface area contributed by atoms with Gasteiger partial charge >= 0.3 is 0 Å². The molecule has 1 fully saturated rings. The summed E-state index contributed by atoms with van der Waals surface area (Å²) in [6, 6.07) is 2.08. The number of ether oxygens (including phenoxy) is 1. The Bertz CT molecular complexity index is 318. The summed E-state index contributed by atoms with van der Waals surface area (Å²) in [4.78, 5) is 13.2. The van der Waals surface area contributed by atoms with Crippen LogP contribution in [0.5, 0.6) is 0 Å². The van der Waals surface area contributed by atoms with Crippen molar-refractivity contribution in [1.82, 2.24) is 4.98 Å². The van der Waals surface area contributed by atoms with E-state index in [2.05, 4.69) is 15.8 Å². The fourth-order valence-corrected chi connectivity index (χ4v) is 1.69. The maximum atomic E-state index is 10.1. The fraction of sp³-hybridized carbons (Fsp3) is 0.500. The van der Waals surface area contributed by atoms with E-state index in [9.17, 15) is 4.79 Å². The van der Waals surface area contributed by atoms with Crippen LogP contribution in [-0.2, 0) is 16.0 Å². The summed E-state index contributed by atoms with van der Waals surface area (Å²) >= 11 is 0. The zero-order chi connectivity index (χ0) is 9.97. The molecule has 1 aliphatic carbocycles. The number of nitrogens with two attached hydrogens (primary N) is 1. The number of hydrogen-bond acceptors (Lipinski definition) is 3. The molecule has 0 amide bonds. The zero-order valence-electron chi connectivity index (χ0n) is 7.90. The highest BCUT2D eigenvalue weighted by Gasteiger charge is 2.27. The monoisotopic (exact) mass is 194 g/mol. The predicted molar refractivity (Wildman–Crippen MR) is 51.6 cm³/mol. The molecule has 0 saturated heterocycles. The molecule has 1 aromatic heterocycles. The molecule has 1 aliphatic rings. The Morgan fingerprint density at radius 1 is 1.71 bits per heavy atom. The van der Waals surface area contributed by atoms with E-state index in [0.29, 0.717) is 18.8 Å². The SMILES string of the molecule is NC(Cc1[nH]ccc1C1CC1)OC=O. The summed E-state index contributed by atoms with van der Waals surface area (Å²) in [6.45, 7) is 0.393. The number of aromatic nitrogens is 1. The number of aromatic amines is 1. The van der Waals surface area contributed by atoms with Crippen molar-refractivity contribution in [1.29, 1.82) is 0 Å². The van der Waals surface area contributed by atoms with Gasteiger partial charge < -0.3 is 9.72 Å². The topological polar surface area (TPSA) is 68.1 Å². The molecule has 0 radical (unpaired) electrons. The second kappa shape index (κ2) is 3.84. The maximum Gasteiger partial charge on any atom is 0.294 e. The highest BCUT2D eigenvalue weighted by molar-refractivity contribution is 5.37. The molecule has 76 valence electrons. The molecule has 0 bridgehead atoms. The van der Waals surface area contributed by atoms with Crippen molar-refractivity contribution >= 4 is 6.47 Å². The molecule has 1 atom stereocenters. The molecule has 0 aliphatic heterocycles. The molecule has 2 rings (SSSR count). The van der Waals surface area contributed by atoms with Gasteiger partial charge in [-0.05, 0) is 30.4 Å². The zero-order valence-corrected chi connectivity index (χ0v) is 7.90. The van der Waals surface area contributed by atoms with Crippen molar-refractivity contribution in [3.05, 3.63) is 23.5 Å². The molecule has 4 nitrogen and oxygen atoms in total. The molecule has 3 N–H and O–H groups in total. The Balaban J connectivity index is 2.00. The first-order chi connectivity index (χ1) is 6.81. The van der Waals surface area contributed by atoms with Gasteiger partial charge in [-0.15, -0.1) is 0 Å². The van der Waals surface area contributed by atoms with Gasteiger partial charge in [0.25, 0.3) is 6.47 Å². The lowest BCUT2D eigenvalue weighted by Crippen LogP contribution is -2.26. The van der Waals surface area contributed by atoms with Gasteiger partial charge in [0.05, 0.1) is 0 Å². The average Bonchev–Trinajstić information content (AvgIpc) is 2.89. The van der Waals surface area contributed by atoms with E-state index in [1.807, 2.05) is 6.20 Å². The molecule has 1 aromatic rings. The minimum atomic E-state index is -0.538. The number of H-pyrrole nitrogens is 1. The van der Waals surface area contributed by atoms with E-state index in [1.165, 1.54) is 18.4 Å². The lowest BCUT2D eigenvalue weighted by molar-refractivity contribution is -0.133. The Morgan fingerprint density at radius 3 is 3.14 bits per heavy atom. The molecule has 1 unspecified atom stereocenters. The van der Waals surface area contributed by atoms with E-state index >= 15 is 0 Å². The second-order valence-corrected chi connectivity index (χ2v) is 3.66. The lowest BCUT2D eigenvalue weighted by Gasteiger charge is -2.09. The van der Waals surface area contributed by atoms with Gasteiger partial charge in [0.2, 0.25) is 0 Å². The largest absolute Gasteiger partial charge is 0.449 e. The highest BCUT2D eigenvalue weighted by Crippen LogP contribution is 2.41. The van der Waals surface area contributed by atoms with Crippen LogP contribution in [0, 0.1) is 0 Å². The van der Waals surface area contributed by atoms with E-state index in [1.54, 1.807) is 0 Å². The molecule has 0 spiro atoms. The molecule has 4 heteroatoms. The van der Waals surface area contributed by atoms with E-state index in [-0.39, 0.29) is 0 Å². The van der Waals surface area contributed by atoms with Crippen molar-refractivity contribution in [2.45, 2.75) is 31.4 Å². The highest BCUT2D eigenvalue weighted by atomic mass is 16.5. The summed E-state index contributed by atoms with van der Waals surface area (Å²) in [5.41, 5.74) is 8.02. The summed E-state index contributed by atoms with van der Waals surface area (Å²) in [5.74, 6) is 0.694. The van der Waals surface area contributed by atoms with Crippen LogP contribution in [0.1, 0.15) is 30.0 Å². The van der Waals surface area contributed by atoms with Crippen LogP contribution in [0.2, 0.25) is 0 Å². The van der Waals surface area contributed by atoms with Crippen LogP contribution in [0.4, 0.5) is 0 Å². The number of rotatable bonds is 5. The quantitative estimate of drug-likeness (QED) is 0.540. The molecular weight excluding hydrogens is 180 g/mol. The van der Waals surface area contributed by atoms with Gasteiger partial charge in [0.15, 0.2) is 6.23 Å². The molecule has 0 aromatic carbocycles. The fourth-order valence-electron chi connectivity index (χ4n) is 1.69. The van der Waals surface area contributed by atoms with Crippen LogP contribution in [-0.4, -0.2) is 17.7 Å². The van der Waals surface area contributed by atoms with Gasteiger partial charge in [-0.25, -0.2) is 0 Å². The first-order valence-corrected chi connectivity index (χ1v) is 4.82. The van der Waals surface area contributed by atoms with Crippen LogP contribution in [0.15, 0.2) is 12.3 Å². The van der Waals surface area contributed by atoms with Crippen molar-refractivity contribution in [3.63, 3.8) is 0 Å². The summed E-state index contributed by atoms with van der Waals surface area (Å²) in [7, 11) is 0. The van der Waals surface area contributed by atoms with Gasteiger partial charge in [-0.3, -0.25) is 10.5 Å². The minimum absolute atomic E-state index is 0.393. The van der Waals surface area contributed by atoms with Crippen LogP contribution >= 0.6 is 0 Å². The van der Waals surface area contributed by atoms with Crippen molar-refractivity contribution in [2.75, 3.05) is 0 Å². The summed E-state index contributed by atoms with van der Waals surface area (Å²) in [6.07, 6.45) is 4.46. The summed E-state index contributed by atoms with van der Waals surface area (Å²) < 4.78 is 4.65. The third-order valence-corrected chi connectivity index (χ3v) is 2.52. The Labute approximate surface area is 82.4 Å². The Kier molecular flexibility index (Phi) is 2.54. The van der Waals surface area contributed by atoms with Crippen molar-refractivity contribution < 1.29 is 9.53 Å². The minimum Gasteiger partial charge on any atom is -0.449 e. The normalized spacial score (nSPS) is 17.8. The maximum absolute atomic E-state index is 10.1. The predicted octanol–water partition coefficient (Wildman–Crippen LogP) is 0.892. The molecule has 1 saturated carbocycles. The van der Waals surface area contributed by atoms with E-state index < -0.39 is 6.23 Å². The van der Waals surface area contributed by atoms with Crippen molar-refractivity contribution in [3.8, 4) is 0 Å². The molecule has 1 heterocycles. The lowest BCUT2D eigenvalue weighted by atomic mass is 10.1. The molecular formula is C10H14N2O2. The van der Waals surface area contributed by atoms with Gasteiger partial charge in [-0.2, -0.15) is 0 Å². The van der Waals surface area contributed by atoms with Gasteiger partial charge in [-0.1, -0.05) is 0 Å². The Morgan fingerprint density at radius 2 is 2.50 bits per heavy atom. The number of nitrogens with one attached hydrogen (secondary N) is 1.